The molecule has 0 bridgehead atoms. The standard InChI is InChI=1S/C27H30N4O5/c1-5-35-27(34)21-11-13-23(14-12-21)31-18(2)15-22(20(31)4)16-28-30-26(33)19(3)29-25(32)17-36-24-9-7-6-8-10-24/h6-16,19H,5,17H2,1-4H3,(H,29,32)(H,30,33)/b28-16-/t19-/m0/s1. The Kier molecular flexibility index (Phi) is 8.99. The van der Waals surface area contributed by atoms with Crippen molar-refractivity contribution in [2.75, 3.05) is 13.2 Å². The molecular formula is C27H30N4O5. The molecule has 0 aliphatic rings. The molecule has 2 amide bonds. The molecule has 0 spiro atoms. The van der Waals surface area contributed by atoms with Crippen LogP contribution in [0, 0.1) is 13.8 Å². The highest BCUT2D eigenvalue weighted by Crippen LogP contribution is 2.20. The Labute approximate surface area is 210 Å². The SMILES string of the molecule is CCOC(=O)c1ccc(-n2c(C)cc(/C=N\NC(=O)[C@H](C)NC(=O)COc3ccccc3)c2C)cc1. The number of esters is 1. The van der Waals surface area contributed by atoms with E-state index >= 15 is 0 Å². The van der Waals surface area contributed by atoms with E-state index in [9.17, 15) is 14.4 Å². The highest BCUT2D eigenvalue weighted by molar-refractivity contribution is 5.90. The molecular weight excluding hydrogens is 460 g/mol. The van der Waals surface area contributed by atoms with Crippen LogP contribution in [0.2, 0.25) is 0 Å². The number of hydrogen-bond acceptors (Lipinski definition) is 6. The number of benzene rings is 2. The normalized spacial score (nSPS) is 11.7. The predicted molar refractivity (Wildman–Crippen MR) is 136 cm³/mol. The summed E-state index contributed by atoms with van der Waals surface area (Å²) in [6.07, 6.45) is 1.55. The highest BCUT2D eigenvalue weighted by atomic mass is 16.5. The Bertz CT molecular complexity index is 1230. The minimum Gasteiger partial charge on any atom is -0.484 e. The first-order valence-corrected chi connectivity index (χ1v) is 11.6. The van der Waals surface area contributed by atoms with Crippen molar-refractivity contribution in [2.45, 2.75) is 33.7 Å². The lowest BCUT2D eigenvalue weighted by Crippen LogP contribution is -2.45. The van der Waals surface area contributed by atoms with Crippen molar-refractivity contribution < 1.29 is 23.9 Å². The van der Waals surface area contributed by atoms with Crippen molar-refractivity contribution in [3.63, 3.8) is 0 Å². The molecule has 3 rings (SSSR count). The topological polar surface area (TPSA) is 111 Å². The van der Waals surface area contributed by atoms with Crippen molar-refractivity contribution in [1.82, 2.24) is 15.3 Å². The zero-order valence-corrected chi connectivity index (χ0v) is 20.8. The number of hydrazone groups is 1. The number of carbonyl (C=O) groups excluding carboxylic acids is 3. The van der Waals surface area contributed by atoms with Gasteiger partial charge in [-0.25, -0.2) is 10.2 Å². The van der Waals surface area contributed by atoms with Crippen LogP contribution in [0.5, 0.6) is 5.75 Å². The monoisotopic (exact) mass is 490 g/mol. The second kappa shape index (κ2) is 12.3. The molecule has 0 aliphatic carbocycles. The lowest BCUT2D eigenvalue weighted by atomic mass is 10.2. The van der Waals surface area contributed by atoms with Gasteiger partial charge in [0.25, 0.3) is 11.8 Å². The molecule has 2 N–H and O–H groups in total. The van der Waals surface area contributed by atoms with Gasteiger partial charge in [0.15, 0.2) is 6.61 Å². The summed E-state index contributed by atoms with van der Waals surface area (Å²) < 4.78 is 12.4. The fraction of sp³-hybridized carbons (Fsp3) is 0.259. The summed E-state index contributed by atoms with van der Waals surface area (Å²) >= 11 is 0. The van der Waals surface area contributed by atoms with Crippen molar-refractivity contribution in [1.29, 1.82) is 0 Å². The van der Waals surface area contributed by atoms with E-state index in [4.69, 9.17) is 9.47 Å². The summed E-state index contributed by atoms with van der Waals surface area (Å²) in [6.45, 7) is 7.35. The number of ether oxygens (including phenoxy) is 2. The van der Waals surface area contributed by atoms with Crippen LogP contribution in [0.3, 0.4) is 0 Å². The van der Waals surface area contributed by atoms with Crippen LogP contribution in [0.1, 0.15) is 41.2 Å². The summed E-state index contributed by atoms with van der Waals surface area (Å²) in [6, 6.07) is 17.2. The van der Waals surface area contributed by atoms with Crippen LogP contribution < -0.4 is 15.5 Å². The predicted octanol–water partition coefficient (Wildman–Crippen LogP) is 3.30. The molecule has 3 aromatic rings. The second-order valence-electron chi connectivity index (χ2n) is 8.05. The number of aromatic nitrogens is 1. The first-order chi connectivity index (χ1) is 17.3. The highest BCUT2D eigenvalue weighted by Gasteiger charge is 2.16. The third-order valence-electron chi connectivity index (χ3n) is 5.37. The number of aryl methyl sites for hydroxylation is 1. The van der Waals surface area contributed by atoms with Crippen molar-refractivity contribution in [3.05, 3.63) is 83.2 Å². The lowest BCUT2D eigenvalue weighted by Gasteiger charge is -2.12. The van der Waals surface area contributed by atoms with E-state index in [0.717, 1.165) is 22.6 Å². The summed E-state index contributed by atoms with van der Waals surface area (Å²) in [7, 11) is 0. The molecule has 1 atom stereocenters. The van der Waals surface area contributed by atoms with Gasteiger partial charge in [-0.2, -0.15) is 5.10 Å². The number of amides is 2. The van der Waals surface area contributed by atoms with Gasteiger partial charge in [0.1, 0.15) is 11.8 Å². The van der Waals surface area contributed by atoms with E-state index in [0.29, 0.717) is 17.9 Å². The Morgan fingerprint density at radius 1 is 1.06 bits per heavy atom. The molecule has 188 valence electrons. The molecule has 2 aromatic carbocycles. The quantitative estimate of drug-likeness (QED) is 0.257. The van der Waals surface area contributed by atoms with Gasteiger partial charge >= 0.3 is 5.97 Å². The average Bonchev–Trinajstić information content (AvgIpc) is 3.16. The number of nitrogens with zero attached hydrogens (tertiary/aromatic N) is 2. The Morgan fingerprint density at radius 2 is 1.75 bits per heavy atom. The average molecular weight is 491 g/mol. The molecule has 1 heterocycles. The maximum atomic E-state index is 12.3. The third kappa shape index (κ3) is 6.82. The first-order valence-electron chi connectivity index (χ1n) is 11.6. The molecule has 36 heavy (non-hydrogen) atoms. The summed E-state index contributed by atoms with van der Waals surface area (Å²) in [4.78, 5) is 36.3. The molecule has 9 heteroatoms. The molecule has 0 saturated carbocycles. The fourth-order valence-corrected chi connectivity index (χ4v) is 3.55. The van der Waals surface area contributed by atoms with Gasteiger partial charge in [0.05, 0.1) is 18.4 Å². The molecule has 0 unspecified atom stereocenters. The van der Waals surface area contributed by atoms with Crippen LogP contribution in [0.4, 0.5) is 0 Å². The lowest BCUT2D eigenvalue weighted by molar-refractivity contribution is -0.129. The van der Waals surface area contributed by atoms with Gasteiger partial charge in [0.2, 0.25) is 0 Å². The van der Waals surface area contributed by atoms with Gasteiger partial charge < -0.3 is 19.4 Å². The Balaban J connectivity index is 1.56. The molecule has 0 fully saturated rings. The number of hydrogen-bond donors (Lipinski definition) is 2. The van der Waals surface area contributed by atoms with Gasteiger partial charge in [0, 0.05) is 22.6 Å². The van der Waals surface area contributed by atoms with E-state index in [2.05, 4.69) is 15.8 Å². The molecule has 0 radical (unpaired) electrons. The van der Waals surface area contributed by atoms with Gasteiger partial charge in [-0.15, -0.1) is 0 Å². The minimum atomic E-state index is -0.792. The second-order valence-corrected chi connectivity index (χ2v) is 8.05. The van der Waals surface area contributed by atoms with Crippen molar-refractivity contribution in [3.8, 4) is 11.4 Å². The van der Waals surface area contributed by atoms with Crippen LogP contribution in [0.15, 0.2) is 65.8 Å². The maximum absolute atomic E-state index is 12.3. The fourth-order valence-electron chi connectivity index (χ4n) is 3.55. The Morgan fingerprint density at radius 3 is 2.42 bits per heavy atom. The van der Waals surface area contributed by atoms with Crippen LogP contribution in [0.25, 0.3) is 5.69 Å². The largest absolute Gasteiger partial charge is 0.484 e. The van der Waals surface area contributed by atoms with Crippen LogP contribution in [-0.4, -0.2) is 47.8 Å². The van der Waals surface area contributed by atoms with Crippen molar-refractivity contribution >= 4 is 24.0 Å². The number of para-hydroxylation sites is 1. The van der Waals surface area contributed by atoms with E-state index < -0.39 is 17.9 Å². The van der Waals surface area contributed by atoms with E-state index in [-0.39, 0.29) is 12.6 Å². The smallest absolute Gasteiger partial charge is 0.338 e. The molecule has 9 nitrogen and oxygen atoms in total. The number of nitrogens with one attached hydrogen (secondary N) is 2. The number of rotatable bonds is 10. The van der Waals surface area contributed by atoms with Crippen LogP contribution >= 0.6 is 0 Å². The van der Waals surface area contributed by atoms with Gasteiger partial charge in [-0.05, 0) is 70.2 Å². The van der Waals surface area contributed by atoms with E-state index in [1.54, 1.807) is 56.5 Å². The minimum absolute atomic E-state index is 0.197. The molecule has 1 aromatic heterocycles. The van der Waals surface area contributed by atoms with Crippen LogP contribution in [-0.2, 0) is 14.3 Å². The number of carbonyl (C=O) groups is 3. The summed E-state index contributed by atoms with van der Waals surface area (Å²) in [5, 5.41) is 6.63. The van der Waals surface area contributed by atoms with Crippen molar-refractivity contribution in [2.24, 2.45) is 5.10 Å². The molecule has 0 aliphatic heterocycles. The van der Waals surface area contributed by atoms with Gasteiger partial charge in [-0.1, -0.05) is 18.2 Å². The summed E-state index contributed by atoms with van der Waals surface area (Å²) in [5.74, 6) is -0.657. The van der Waals surface area contributed by atoms with Gasteiger partial charge in [-0.3, -0.25) is 9.59 Å². The third-order valence-corrected chi connectivity index (χ3v) is 5.37. The Hall–Kier alpha value is -4.40. The zero-order valence-electron chi connectivity index (χ0n) is 20.8. The first kappa shape index (κ1) is 26.2. The maximum Gasteiger partial charge on any atom is 0.338 e. The zero-order chi connectivity index (χ0) is 26.1. The van der Waals surface area contributed by atoms with E-state index in [1.807, 2.05) is 42.7 Å². The molecule has 0 saturated heterocycles. The van der Waals surface area contributed by atoms with E-state index in [1.165, 1.54) is 0 Å². The summed E-state index contributed by atoms with van der Waals surface area (Å²) in [5.41, 5.74) is 6.51.